The van der Waals surface area contributed by atoms with Crippen LogP contribution >= 0.6 is 0 Å². The number of aliphatic hydroxyl groups excluding tert-OH is 1. The molecule has 1 unspecified atom stereocenters. The summed E-state index contributed by atoms with van der Waals surface area (Å²) in [5.74, 6) is 3.13. The number of nitrogen functional groups attached to an aromatic ring is 1. The van der Waals surface area contributed by atoms with Crippen molar-refractivity contribution in [2.45, 2.75) is 25.0 Å². The lowest BCUT2D eigenvalue weighted by atomic mass is 9.98. The Kier molecular flexibility index (Phi) is 10.0. The molecule has 6 N–H and O–H groups in total. The SMILES string of the molecule is CNC(=O)c1ccc(C#Cc2ccc(OC(F)(F)F)c(C(=O)NC(CO)CC(=N)c3cccc(C(F)(F)F)c3N)c2)cc1. The fourth-order valence-corrected chi connectivity index (χ4v) is 3.85. The van der Waals surface area contributed by atoms with E-state index < -0.39 is 65.8 Å². The Morgan fingerprint density at radius 1 is 0.953 bits per heavy atom. The summed E-state index contributed by atoms with van der Waals surface area (Å²) < 4.78 is 82.7. The van der Waals surface area contributed by atoms with Gasteiger partial charge in [0.15, 0.2) is 0 Å². The minimum absolute atomic E-state index is 0.111. The highest BCUT2D eigenvalue weighted by Gasteiger charge is 2.35. The van der Waals surface area contributed by atoms with Crippen molar-refractivity contribution >= 4 is 23.2 Å². The normalized spacial score (nSPS) is 12.0. The third-order valence-electron chi connectivity index (χ3n) is 5.92. The molecule has 0 aliphatic carbocycles. The van der Waals surface area contributed by atoms with Crippen molar-refractivity contribution in [1.82, 2.24) is 10.6 Å². The van der Waals surface area contributed by atoms with E-state index in [9.17, 15) is 41.0 Å². The number of aliphatic hydroxyl groups is 1. The van der Waals surface area contributed by atoms with Gasteiger partial charge >= 0.3 is 12.5 Å². The maximum Gasteiger partial charge on any atom is 0.573 e. The van der Waals surface area contributed by atoms with Gasteiger partial charge in [-0.2, -0.15) is 13.2 Å². The summed E-state index contributed by atoms with van der Waals surface area (Å²) in [7, 11) is 1.47. The molecule has 2 amide bonds. The fraction of sp³-hybridized carbons (Fsp3) is 0.207. The number of nitrogens with two attached hydrogens (primary N) is 1. The molecule has 0 saturated carbocycles. The molecule has 3 rings (SSSR count). The molecule has 1 atom stereocenters. The number of anilines is 1. The van der Waals surface area contributed by atoms with Gasteiger partial charge < -0.3 is 31.6 Å². The van der Waals surface area contributed by atoms with E-state index in [4.69, 9.17) is 11.1 Å². The summed E-state index contributed by atoms with van der Waals surface area (Å²) in [5, 5.41) is 22.7. The Morgan fingerprint density at radius 2 is 1.58 bits per heavy atom. The van der Waals surface area contributed by atoms with Crippen LogP contribution < -0.4 is 21.1 Å². The molecule has 0 fully saturated rings. The maximum atomic E-state index is 13.2. The number of hydrogen-bond donors (Lipinski definition) is 5. The first kappa shape index (κ1) is 32.5. The molecule has 0 radical (unpaired) electrons. The van der Waals surface area contributed by atoms with Crippen molar-refractivity contribution in [1.29, 1.82) is 5.41 Å². The molecule has 0 heterocycles. The highest BCUT2D eigenvalue weighted by atomic mass is 19.4. The van der Waals surface area contributed by atoms with Gasteiger partial charge in [-0.15, -0.1) is 13.2 Å². The van der Waals surface area contributed by atoms with Crippen molar-refractivity contribution in [3.8, 4) is 17.6 Å². The van der Waals surface area contributed by atoms with E-state index in [1.807, 2.05) is 0 Å². The van der Waals surface area contributed by atoms with Crippen molar-refractivity contribution in [2.24, 2.45) is 0 Å². The van der Waals surface area contributed by atoms with Gasteiger partial charge in [0.05, 0.1) is 29.5 Å². The van der Waals surface area contributed by atoms with Crippen LogP contribution in [0.25, 0.3) is 0 Å². The third-order valence-corrected chi connectivity index (χ3v) is 5.92. The predicted molar refractivity (Wildman–Crippen MR) is 145 cm³/mol. The highest BCUT2D eigenvalue weighted by molar-refractivity contribution is 6.04. The lowest BCUT2D eigenvalue weighted by molar-refractivity contribution is -0.274. The molecule has 226 valence electrons. The number of carbonyl (C=O) groups is 2. The minimum atomic E-state index is -5.16. The van der Waals surface area contributed by atoms with Crippen molar-refractivity contribution in [2.75, 3.05) is 19.4 Å². The number of carbonyl (C=O) groups excluding carboxylic acids is 2. The average molecular weight is 607 g/mol. The fourth-order valence-electron chi connectivity index (χ4n) is 3.85. The topological polar surface area (TPSA) is 138 Å². The van der Waals surface area contributed by atoms with E-state index in [0.29, 0.717) is 11.1 Å². The van der Waals surface area contributed by atoms with Crippen LogP contribution in [0.3, 0.4) is 0 Å². The lowest BCUT2D eigenvalue weighted by Crippen LogP contribution is -2.39. The van der Waals surface area contributed by atoms with Crippen molar-refractivity contribution in [3.63, 3.8) is 0 Å². The van der Waals surface area contributed by atoms with Gasteiger partial charge in [0.25, 0.3) is 11.8 Å². The monoisotopic (exact) mass is 606 g/mol. The summed E-state index contributed by atoms with van der Waals surface area (Å²) in [6.07, 6.45) is -10.5. The predicted octanol–water partition coefficient (Wildman–Crippen LogP) is 4.49. The Hall–Kier alpha value is -5.03. The molecule has 0 aliphatic heterocycles. The molecule has 14 heteroatoms. The molecule has 0 aliphatic rings. The molecule has 0 bridgehead atoms. The van der Waals surface area contributed by atoms with Gasteiger partial charge in [0, 0.05) is 41.4 Å². The maximum absolute atomic E-state index is 13.2. The second-order valence-electron chi connectivity index (χ2n) is 8.97. The molecular weight excluding hydrogens is 582 g/mol. The number of para-hydroxylation sites is 1. The van der Waals surface area contributed by atoms with E-state index in [1.54, 1.807) is 12.1 Å². The molecule has 3 aromatic rings. The largest absolute Gasteiger partial charge is 0.573 e. The minimum Gasteiger partial charge on any atom is -0.405 e. The van der Waals surface area contributed by atoms with Gasteiger partial charge in [-0.3, -0.25) is 9.59 Å². The highest BCUT2D eigenvalue weighted by Crippen LogP contribution is 2.35. The number of benzene rings is 3. The van der Waals surface area contributed by atoms with Crippen molar-refractivity contribution in [3.05, 3.63) is 94.0 Å². The summed E-state index contributed by atoms with van der Waals surface area (Å²) in [4.78, 5) is 24.7. The van der Waals surface area contributed by atoms with Gasteiger partial charge in [-0.25, -0.2) is 0 Å². The van der Waals surface area contributed by atoms with Gasteiger partial charge in [-0.05, 0) is 48.5 Å². The Morgan fingerprint density at radius 3 is 2.16 bits per heavy atom. The van der Waals surface area contributed by atoms with Crippen LogP contribution in [-0.2, 0) is 6.18 Å². The van der Waals surface area contributed by atoms with Crippen LogP contribution in [0, 0.1) is 17.3 Å². The zero-order valence-electron chi connectivity index (χ0n) is 22.3. The Bertz CT molecular complexity index is 1580. The van der Waals surface area contributed by atoms with Gasteiger partial charge in [0.1, 0.15) is 5.75 Å². The molecule has 0 spiro atoms. The van der Waals surface area contributed by atoms with Crippen LogP contribution in [0.5, 0.6) is 5.75 Å². The number of amides is 2. The Balaban J connectivity index is 1.86. The zero-order valence-corrected chi connectivity index (χ0v) is 22.3. The van der Waals surface area contributed by atoms with Crippen LogP contribution in [0.4, 0.5) is 32.0 Å². The van der Waals surface area contributed by atoms with E-state index in [1.165, 1.54) is 25.2 Å². The zero-order chi connectivity index (χ0) is 31.9. The number of alkyl halides is 6. The van der Waals surface area contributed by atoms with E-state index in [-0.39, 0.29) is 17.0 Å². The number of ether oxygens (including phenoxy) is 1. The summed E-state index contributed by atoms with van der Waals surface area (Å²) >= 11 is 0. The first-order chi connectivity index (χ1) is 20.1. The standard InChI is InChI=1S/C29H24F6N4O4/c1-38-26(41)18-10-7-16(8-11-18)5-6-17-9-12-24(43-29(33,34)35)21(13-17)27(42)39-19(15-40)14-23(36)20-3-2-4-22(25(20)37)28(30,31)32/h2-4,7-13,19,36,40H,14-15,37H2,1H3,(H,38,41)(H,39,42). The van der Waals surface area contributed by atoms with Gasteiger partial charge in [0.2, 0.25) is 0 Å². The first-order valence-electron chi connectivity index (χ1n) is 12.3. The smallest absolute Gasteiger partial charge is 0.405 e. The number of hydrogen-bond acceptors (Lipinski definition) is 6. The third kappa shape index (κ3) is 8.73. The van der Waals surface area contributed by atoms with E-state index in [0.717, 1.165) is 30.3 Å². The second kappa shape index (κ2) is 13.3. The second-order valence-corrected chi connectivity index (χ2v) is 8.97. The first-order valence-corrected chi connectivity index (χ1v) is 12.3. The summed E-state index contributed by atoms with van der Waals surface area (Å²) in [6.45, 7) is -0.812. The summed E-state index contributed by atoms with van der Waals surface area (Å²) in [5.41, 5.74) is 3.30. The molecule has 0 saturated heterocycles. The summed E-state index contributed by atoms with van der Waals surface area (Å²) in [6, 6.07) is 10.8. The van der Waals surface area contributed by atoms with Crippen LogP contribution in [-0.4, -0.2) is 48.7 Å². The van der Waals surface area contributed by atoms with Crippen LogP contribution in [0.2, 0.25) is 0 Å². The molecule has 43 heavy (non-hydrogen) atoms. The molecule has 0 aromatic heterocycles. The van der Waals surface area contributed by atoms with Crippen LogP contribution in [0.1, 0.15) is 49.4 Å². The molecular formula is C29H24F6N4O4. The number of rotatable bonds is 8. The van der Waals surface area contributed by atoms with E-state index in [2.05, 4.69) is 27.2 Å². The molecule has 3 aromatic carbocycles. The molecule has 8 nitrogen and oxygen atoms in total. The van der Waals surface area contributed by atoms with E-state index >= 15 is 0 Å². The Labute approximate surface area is 241 Å². The quantitative estimate of drug-likeness (QED) is 0.111. The average Bonchev–Trinajstić information content (AvgIpc) is 2.94. The van der Waals surface area contributed by atoms with Crippen LogP contribution in [0.15, 0.2) is 60.7 Å². The van der Waals surface area contributed by atoms with Crippen molar-refractivity contribution < 1.29 is 45.8 Å². The number of nitrogens with one attached hydrogen (secondary N) is 3. The number of halogens is 6. The van der Waals surface area contributed by atoms with Gasteiger partial charge in [-0.1, -0.05) is 24.0 Å². The lowest BCUT2D eigenvalue weighted by Gasteiger charge is -2.20.